The zero-order valence-electron chi connectivity index (χ0n) is 14.0. The Balaban J connectivity index is 1.58. The molecular formula is C19H18ClN3O2. The van der Waals surface area contributed by atoms with Crippen LogP contribution in [0, 0.1) is 13.8 Å². The van der Waals surface area contributed by atoms with Gasteiger partial charge in [-0.1, -0.05) is 35.0 Å². The second-order valence-electron chi connectivity index (χ2n) is 5.87. The number of halogens is 1. The molecule has 2 aromatic carbocycles. The van der Waals surface area contributed by atoms with Gasteiger partial charge in [-0.25, -0.2) is 0 Å². The Hall–Kier alpha value is -2.66. The molecular weight excluding hydrogens is 338 g/mol. The number of hydrogen-bond acceptors (Lipinski definition) is 4. The van der Waals surface area contributed by atoms with E-state index in [-0.39, 0.29) is 12.3 Å². The molecule has 0 saturated heterocycles. The zero-order chi connectivity index (χ0) is 17.8. The van der Waals surface area contributed by atoms with Gasteiger partial charge in [0.2, 0.25) is 17.6 Å². The highest BCUT2D eigenvalue weighted by Crippen LogP contribution is 2.20. The third-order valence-electron chi connectivity index (χ3n) is 3.91. The van der Waals surface area contributed by atoms with Crippen LogP contribution in [0.5, 0.6) is 0 Å². The topological polar surface area (TPSA) is 68.0 Å². The summed E-state index contributed by atoms with van der Waals surface area (Å²) >= 11 is 5.96. The minimum atomic E-state index is -0.0919. The third-order valence-corrected chi connectivity index (χ3v) is 4.14. The average Bonchev–Trinajstić information content (AvgIpc) is 3.05. The Morgan fingerprint density at radius 1 is 1.16 bits per heavy atom. The summed E-state index contributed by atoms with van der Waals surface area (Å²) in [5.74, 6) is 0.794. The van der Waals surface area contributed by atoms with E-state index < -0.39 is 0 Å². The number of anilines is 1. The standard InChI is InChI=1S/C19H18ClN3O2/c1-12-6-7-16(10-13(12)2)21-17(24)8-9-18-22-19(23-25-18)14-4-3-5-15(20)11-14/h3-7,10-11H,8-9H2,1-2H3,(H,21,24). The second-order valence-corrected chi connectivity index (χ2v) is 6.31. The minimum absolute atomic E-state index is 0.0919. The van der Waals surface area contributed by atoms with Gasteiger partial charge in [-0.05, 0) is 49.2 Å². The number of aromatic nitrogens is 2. The Labute approximate surface area is 151 Å². The number of aryl methyl sites for hydroxylation is 3. The summed E-state index contributed by atoms with van der Waals surface area (Å²) in [6.45, 7) is 4.05. The van der Waals surface area contributed by atoms with Crippen LogP contribution in [0.2, 0.25) is 5.02 Å². The number of nitrogens with zero attached hydrogens (tertiary/aromatic N) is 2. The summed E-state index contributed by atoms with van der Waals surface area (Å²) in [5, 5.41) is 7.42. The van der Waals surface area contributed by atoms with Gasteiger partial charge in [-0.3, -0.25) is 4.79 Å². The van der Waals surface area contributed by atoms with Crippen LogP contribution in [0.4, 0.5) is 5.69 Å². The lowest BCUT2D eigenvalue weighted by Crippen LogP contribution is -2.12. The molecule has 3 aromatic rings. The Morgan fingerprint density at radius 3 is 2.76 bits per heavy atom. The number of carbonyl (C=O) groups excluding carboxylic acids is 1. The van der Waals surface area contributed by atoms with Crippen LogP contribution in [-0.4, -0.2) is 16.0 Å². The second kappa shape index (κ2) is 7.49. The van der Waals surface area contributed by atoms with E-state index in [1.54, 1.807) is 12.1 Å². The van der Waals surface area contributed by atoms with Crippen LogP contribution in [-0.2, 0) is 11.2 Å². The van der Waals surface area contributed by atoms with Gasteiger partial charge in [-0.2, -0.15) is 4.98 Å². The number of carbonyl (C=O) groups is 1. The fourth-order valence-electron chi connectivity index (χ4n) is 2.36. The summed E-state index contributed by atoms with van der Waals surface area (Å²) in [5.41, 5.74) is 3.90. The van der Waals surface area contributed by atoms with Crippen molar-refractivity contribution in [3.63, 3.8) is 0 Å². The summed E-state index contributed by atoms with van der Waals surface area (Å²) < 4.78 is 5.21. The van der Waals surface area contributed by atoms with E-state index in [1.807, 2.05) is 44.2 Å². The van der Waals surface area contributed by atoms with Gasteiger partial charge in [-0.15, -0.1) is 0 Å². The first kappa shape index (κ1) is 17.2. The van der Waals surface area contributed by atoms with Crippen molar-refractivity contribution in [3.8, 4) is 11.4 Å². The number of amides is 1. The van der Waals surface area contributed by atoms with E-state index in [1.165, 1.54) is 5.56 Å². The maximum absolute atomic E-state index is 12.1. The Bertz CT molecular complexity index is 905. The molecule has 3 rings (SSSR count). The smallest absolute Gasteiger partial charge is 0.227 e. The van der Waals surface area contributed by atoms with E-state index in [0.29, 0.717) is 23.2 Å². The van der Waals surface area contributed by atoms with Crippen LogP contribution in [0.15, 0.2) is 47.0 Å². The number of nitrogens with one attached hydrogen (secondary N) is 1. The SMILES string of the molecule is Cc1ccc(NC(=O)CCc2nc(-c3cccc(Cl)c3)no2)cc1C. The van der Waals surface area contributed by atoms with Crippen LogP contribution in [0.3, 0.4) is 0 Å². The first-order valence-corrected chi connectivity index (χ1v) is 8.35. The molecule has 25 heavy (non-hydrogen) atoms. The van der Waals surface area contributed by atoms with Gasteiger partial charge >= 0.3 is 0 Å². The molecule has 0 saturated carbocycles. The van der Waals surface area contributed by atoms with Crippen LogP contribution in [0.1, 0.15) is 23.4 Å². The fraction of sp³-hybridized carbons (Fsp3) is 0.211. The highest BCUT2D eigenvalue weighted by molar-refractivity contribution is 6.30. The number of hydrogen-bond donors (Lipinski definition) is 1. The largest absolute Gasteiger partial charge is 0.339 e. The van der Waals surface area contributed by atoms with E-state index >= 15 is 0 Å². The van der Waals surface area contributed by atoms with E-state index in [0.717, 1.165) is 16.8 Å². The van der Waals surface area contributed by atoms with Crippen molar-refractivity contribution in [2.75, 3.05) is 5.32 Å². The van der Waals surface area contributed by atoms with Gasteiger partial charge in [0.15, 0.2) is 0 Å². The van der Waals surface area contributed by atoms with Crippen molar-refractivity contribution in [2.24, 2.45) is 0 Å². The lowest BCUT2D eigenvalue weighted by Gasteiger charge is -2.06. The maximum atomic E-state index is 12.1. The molecule has 0 aliphatic heterocycles. The number of benzene rings is 2. The minimum Gasteiger partial charge on any atom is -0.339 e. The molecule has 1 N–H and O–H groups in total. The molecule has 1 heterocycles. The normalized spacial score (nSPS) is 10.7. The molecule has 0 radical (unpaired) electrons. The maximum Gasteiger partial charge on any atom is 0.227 e. The fourth-order valence-corrected chi connectivity index (χ4v) is 2.55. The third kappa shape index (κ3) is 4.45. The van der Waals surface area contributed by atoms with Crippen LogP contribution < -0.4 is 5.32 Å². The molecule has 1 amide bonds. The predicted octanol–water partition coefficient (Wildman–Crippen LogP) is 4.58. The van der Waals surface area contributed by atoms with Gasteiger partial charge in [0.05, 0.1) is 0 Å². The van der Waals surface area contributed by atoms with Crippen molar-refractivity contribution in [1.82, 2.24) is 10.1 Å². The van der Waals surface area contributed by atoms with Gasteiger partial charge < -0.3 is 9.84 Å². The van der Waals surface area contributed by atoms with Crippen molar-refractivity contribution < 1.29 is 9.32 Å². The molecule has 1 aromatic heterocycles. The molecule has 0 unspecified atom stereocenters. The van der Waals surface area contributed by atoms with E-state index in [9.17, 15) is 4.79 Å². The lowest BCUT2D eigenvalue weighted by atomic mass is 10.1. The highest BCUT2D eigenvalue weighted by Gasteiger charge is 2.11. The first-order chi connectivity index (χ1) is 12.0. The average molecular weight is 356 g/mol. The monoisotopic (exact) mass is 355 g/mol. The molecule has 5 nitrogen and oxygen atoms in total. The van der Waals surface area contributed by atoms with Gasteiger partial charge in [0.25, 0.3) is 0 Å². The Morgan fingerprint density at radius 2 is 2.00 bits per heavy atom. The van der Waals surface area contributed by atoms with Crippen LogP contribution in [0.25, 0.3) is 11.4 Å². The van der Waals surface area contributed by atoms with Crippen molar-refractivity contribution >= 4 is 23.2 Å². The molecule has 6 heteroatoms. The summed E-state index contributed by atoms with van der Waals surface area (Å²) in [7, 11) is 0. The number of rotatable bonds is 5. The first-order valence-electron chi connectivity index (χ1n) is 7.97. The Kier molecular flexibility index (Phi) is 5.14. The molecule has 0 aliphatic carbocycles. The summed E-state index contributed by atoms with van der Waals surface area (Å²) in [6, 6.07) is 13.1. The molecule has 0 atom stereocenters. The van der Waals surface area contributed by atoms with Gasteiger partial charge in [0.1, 0.15) is 0 Å². The lowest BCUT2D eigenvalue weighted by molar-refractivity contribution is -0.116. The van der Waals surface area contributed by atoms with Crippen molar-refractivity contribution in [3.05, 3.63) is 64.5 Å². The highest BCUT2D eigenvalue weighted by atomic mass is 35.5. The quantitative estimate of drug-likeness (QED) is 0.727. The van der Waals surface area contributed by atoms with E-state index in [4.69, 9.17) is 16.1 Å². The molecule has 0 spiro atoms. The molecule has 0 bridgehead atoms. The molecule has 0 aliphatic rings. The van der Waals surface area contributed by atoms with Gasteiger partial charge in [0, 0.05) is 29.1 Å². The summed E-state index contributed by atoms with van der Waals surface area (Å²) in [6.07, 6.45) is 0.647. The van der Waals surface area contributed by atoms with Crippen LogP contribution >= 0.6 is 11.6 Å². The predicted molar refractivity (Wildman–Crippen MR) is 97.6 cm³/mol. The van der Waals surface area contributed by atoms with Crippen molar-refractivity contribution in [1.29, 1.82) is 0 Å². The zero-order valence-corrected chi connectivity index (χ0v) is 14.8. The molecule has 128 valence electrons. The van der Waals surface area contributed by atoms with E-state index in [2.05, 4.69) is 15.5 Å². The molecule has 0 fully saturated rings. The van der Waals surface area contributed by atoms with Crippen molar-refractivity contribution in [2.45, 2.75) is 26.7 Å². The summed E-state index contributed by atoms with van der Waals surface area (Å²) in [4.78, 5) is 16.4.